The zero-order valence-corrected chi connectivity index (χ0v) is 12.2. The van der Waals surface area contributed by atoms with Crippen molar-refractivity contribution in [3.05, 3.63) is 64.2 Å². The van der Waals surface area contributed by atoms with E-state index in [9.17, 15) is 10.1 Å². The topological polar surface area (TPSA) is 72.4 Å². The third-order valence-corrected chi connectivity index (χ3v) is 3.35. The van der Waals surface area contributed by atoms with E-state index in [1.54, 1.807) is 6.07 Å². The van der Waals surface area contributed by atoms with Crippen LogP contribution in [0.25, 0.3) is 0 Å². The molecule has 5 heteroatoms. The van der Waals surface area contributed by atoms with Gasteiger partial charge in [-0.2, -0.15) is 0 Å². The summed E-state index contributed by atoms with van der Waals surface area (Å²) in [5.74, 6) is 0. The van der Waals surface area contributed by atoms with Crippen LogP contribution in [0.15, 0.2) is 48.5 Å². The van der Waals surface area contributed by atoms with Gasteiger partial charge in [-0.15, -0.1) is 0 Å². The molecular weight excluding hydrogens is 266 g/mol. The van der Waals surface area contributed by atoms with Gasteiger partial charge >= 0.3 is 0 Å². The van der Waals surface area contributed by atoms with Gasteiger partial charge < -0.3 is 10.6 Å². The Hall–Kier alpha value is -2.56. The van der Waals surface area contributed by atoms with Crippen LogP contribution in [0.1, 0.15) is 19.4 Å². The number of nitro benzene ring substituents is 1. The molecule has 0 amide bonds. The molecule has 0 aliphatic rings. The van der Waals surface area contributed by atoms with Crippen molar-refractivity contribution in [1.29, 1.82) is 0 Å². The Morgan fingerprint density at radius 2 is 1.86 bits per heavy atom. The van der Waals surface area contributed by atoms with E-state index in [0.29, 0.717) is 12.2 Å². The van der Waals surface area contributed by atoms with Crippen molar-refractivity contribution in [3.8, 4) is 0 Å². The first kappa shape index (κ1) is 14.8. The fraction of sp³-hybridized carbons (Fsp3) is 0.250. The number of non-ortho nitro benzene ring substituents is 1. The summed E-state index contributed by atoms with van der Waals surface area (Å²) in [7, 11) is 0. The predicted octanol–water partition coefficient (Wildman–Crippen LogP) is 3.59. The van der Waals surface area contributed by atoms with Gasteiger partial charge in [-0.25, -0.2) is 0 Å². The van der Waals surface area contributed by atoms with E-state index in [1.165, 1.54) is 17.7 Å². The lowest BCUT2D eigenvalue weighted by atomic mass is 10.1. The summed E-state index contributed by atoms with van der Waals surface area (Å²) in [5.41, 5.74) is 8.43. The third kappa shape index (κ3) is 3.51. The molecule has 0 bridgehead atoms. The van der Waals surface area contributed by atoms with Crippen LogP contribution in [0, 0.1) is 10.1 Å². The van der Waals surface area contributed by atoms with Crippen molar-refractivity contribution in [2.45, 2.75) is 26.4 Å². The number of hydrogen-bond donors (Lipinski definition) is 1. The first-order valence-corrected chi connectivity index (χ1v) is 6.83. The zero-order chi connectivity index (χ0) is 15.4. The molecule has 2 rings (SSSR count). The summed E-state index contributed by atoms with van der Waals surface area (Å²) in [4.78, 5) is 12.5. The van der Waals surface area contributed by atoms with Gasteiger partial charge in [-0.05, 0) is 25.5 Å². The van der Waals surface area contributed by atoms with Gasteiger partial charge in [0, 0.05) is 24.7 Å². The minimum atomic E-state index is -0.433. The fourth-order valence-corrected chi connectivity index (χ4v) is 2.24. The summed E-state index contributed by atoms with van der Waals surface area (Å²) in [6, 6.07) is 14.9. The van der Waals surface area contributed by atoms with Crippen LogP contribution in [-0.2, 0) is 6.54 Å². The number of nitrogen functional groups attached to an aromatic ring is 1. The van der Waals surface area contributed by atoms with E-state index >= 15 is 0 Å². The molecular formula is C16H19N3O2. The summed E-state index contributed by atoms with van der Waals surface area (Å²) in [6.45, 7) is 4.86. The van der Waals surface area contributed by atoms with E-state index in [0.717, 1.165) is 5.69 Å². The molecule has 5 nitrogen and oxygen atoms in total. The normalized spacial score (nSPS) is 10.6. The molecule has 2 aromatic rings. The molecule has 110 valence electrons. The second kappa shape index (κ2) is 6.26. The standard InChI is InChI=1S/C16H19N3O2/c1-12(2)18(11-13-6-4-3-5-7-13)16-9-8-14(19(20)21)10-15(16)17/h3-10,12H,11,17H2,1-2H3. The molecule has 0 atom stereocenters. The number of anilines is 2. The summed E-state index contributed by atoms with van der Waals surface area (Å²) >= 11 is 0. The Labute approximate surface area is 124 Å². The van der Waals surface area contributed by atoms with Gasteiger partial charge in [0.15, 0.2) is 0 Å². The monoisotopic (exact) mass is 285 g/mol. The molecule has 0 saturated heterocycles. The van der Waals surface area contributed by atoms with Crippen LogP contribution < -0.4 is 10.6 Å². The molecule has 0 spiro atoms. The van der Waals surface area contributed by atoms with Gasteiger partial charge in [0.25, 0.3) is 5.69 Å². The molecule has 2 N–H and O–H groups in total. The van der Waals surface area contributed by atoms with Crippen molar-refractivity contribution < 1.29 is 4.92 Å². The van der Waals surface area contributed by atoms with E-state index in [4.69, 9.17) is 5.73 Å². The maximum Gasteiger partial charge on any atom is 0.271 e. The highest BCUT2D eigenvalue weighted by Gasteiger charge is 2.16. The number of hydrogen-bond acceptors (Lipinski definition) is 4. The molecule has 21 heavy (non-hydrogen) atoms. The lowest BCUT2D eigenvalue weighted by Gasteiger charge is -2.30. The van der Waals surface area contributed by atoms with Crippen LogP contribution in [-0.4, -0.2) is 11.0 Å². The fourth-order valence-electron chi connectivity index (χ4n) is 2.24. The maximum atomic E-state index is 10.8. The van der Waals surface area contributed by atoms with E-state index < -0.39 is 4.92 Å². The third-order valence-electron chi connectivity index (χ3n) is 3.35. The quantitative estimate of drug-likeness (QED) is 0.517. The average Bonchev–Trinajstić information content (AvgIpc) is 2.46. The van der Waals surface area contributed by atoms with Gasteiger partial charge in [-0.3, -0.25) is 10.1 Å². The molecule has 0 aliphatic heterocycles. The maximum absolute atomic E-state index is 10.8. The molecule has 0 aromatic heterocycles. The van der Waals surface area contributed by atoms with Gasteiger partial charge in [0.2, 0.25) is 0 Å². The number of nitrogens with zero attached hydrogens (tertiary/aromatic N) is 2. The second-order valence-corrected chi connectivity index (χ2v) is 5.21. The highest BCUT2D eigenvalue weighted by atomic mass is 16.6. The molecule has 0 heterocycles. The summed E-state index contributed by atoms with van der Waals surface area (Å²) < 4.78 is 0. The molecule has 0 unspecified atom stereocenters. The SMILES string of the molecule is CC(C)N(Cc1ccccc1)c1ccc([N+](=O)[O-])cc1N. The Bertz CT molecular complexity index is 627. The Kier molecular flexibility index (Phi) is 4.42. The van der Waals surface area contributed by atoms with Gasteiger partial charge in [0.1, 0.15) is 0 Å². The summed E-state index contributed by atoms with van der Waals surface area (Å²) in [6.07, 6.45) is 0. The Morgan fingerprint density at radius 1 is 1.19 bits per heavy atom. The second-order valence-electron chi connectivity index (χ2n) is 5.21. The minimum Gasteiger partial charge on any atom is -0.397 e. The summed E-state index contributed by atoms with van der Waals surface area (Å²) in [5, 5.41) is 10.8. The van der Waals surface area contributed by atoms with Crippen molar-refractivity contribution in [1.82, 2.24) is 0 Å². The van der Waals surface area contributed by atoms with Crippen LogP contribution in [0.4, 0.5) is 17.1 Å². The van der Waals surface area contributed by atoms with Crippen molar-refractivity contribution in [2.75, 3.05) is 10.6 Å². The van der Waals surface area contributed by atoms with E-state index in [2.05, 4.69) is 30.9 Å². The highest BCUT2D eigenvalue weighted by molar-refractivity contribution is 5.71. The van der Waals surface area contributed by atoms with Gasteiger partial charge in [-0.1, -0.05) is 30.3 Å². The molecule has 0 saturated carbocycles. The van der Waals surface area contributed by atoms with Crippen LogP contribution >= 0.6 is 0 Å². The molecule has 2 aromatic carbocycles. The molecule has 0 fully saturated rings. The van der Waals surface area contributed by atoms with Crippen molar-refractivity contribution >= 4 is 17.1 Å². The lowest BCUT2D eigenvalue weighted by Crippen LogP contribution is -2.30. The molecule has 0 aliphatic carbocycles. The molecule has 0 radical (unpaired) electrons. The van der Waals surface area contributed by atoms with E-state index in [1.807, 2.05) is 18.2 Å². The van der Waals surface area contributed by atoms with E-state index in [-0.39, 0.29) is 11.7 Å². The van der Waals surface area contributed by atoms with Crippen molar-refractivity contribution in [2.24, 2.45) is 0 Å². The smallest absolute Gasteiger partial charge is 0.271 e. The Balaban J connectivity index is 2.32. The van der Waals surface area contributed by atoms with Crippen molar-refractivity contribution in [3.63, 3.8) is 0 Å². The Morgan fingerprint density at radius 3 is 2.38 bits per heavy atom. The zero-order valence-electron chi connectivity index (χ0n) is 12.2. The van der Waals surface area contributed by atoms with Crippen LogP contribution in [0.3, 0.4) is 0 Å². The predicted molar refractivity (Wildman–Crippen MR) is 85.3 cm³/mol. The van der Waals surface area contributed by atoms with Crippen LogP contribution in [0.2, 0.25) is 0 Å². The van der Waals surface area contributed by atoms with Gasteiger partial charge in [0.05, 0.1) is 16.3 Å². The van der Waals surface area contributed by atoms with Crippen LogP contribution in [0.5, 0.6) is 0 Å². The number of benzene rings is 2. The minimum absolute atomic E-state index is 0.0136. The highest BCUT2D eigenvalue weighted by Crippen LogP contribution is 2.30. The number of rotatable bonds is 5. The first-order chi connectivity index (χ1) is 9.99. The first-order valence-electron chi connectivity index (χ1n) is 6.83. The average molecular weight is 285 g/mol. The lowest BCUT2D eigenvalue weighted by molar-refractivity contribution is -0.384. The number of nitrogens with two attached hydrogens (primary N) is 1. The largest absolute Gasteiger partial charge is 0.397 e. The number of nitro groups is 1.